The van der Waals surface area contributed by atoms with Gasteiger partial charge in [0.2, 0.25) is 0 Å². The van der Waals surface area contributed by atoms with E-state index in [1.807, 2.05) is 54.5 Å². The number of hydrogen-bond acceptors (Lipinski definition) is 10. The highest BCUT2D eigenvalue weighted by molar-refractivity contribution is 9.10. The predicted molar refractivity (Wildman–Crippen MR) is 173 cm³/mol. The van der Waals surface area contributed by atoms with Crippen LogP contribution >= 0.6 is 15.9 Å². The zero-order valence-electron chi connectivity index (χ0n) is 26.8. The highest BCUT2D eigenvalue weighted by Crippen LogP contribution is 2.36. The Morgan fingerprint density at radius 3 is 2.62 bits per heavy atom. The van der Waals surface area contributed by atoms with Crippen LogP contribution in [0.15, 0.2) is 35.2 Å². The SMILES string of the molecule is COC(=O)C1CCCN1C[C@@H]1CC[C@@H](c2nc(Br)c3c(NCc4ccc(OC)cc4OC)nccn23)CN1C(=O)OC(C)(C)C. The molecule has 1 aromatic carbocycles. The van der Waals surface area contributed by atoms with Crippen LogP contribution in [0.4, 0.5) is 10.6 Å². The number of nitrogens with zero attached hydrogens (tertiary/aromatic N) is 5. The summed E-state index contributed by atoms with van der Waals surface area (Å²) in [6.07, 6.45) is 6.54. The molecule has 2 aliphatic rings. The van der Waals surface area contributed by atoms with Gasteiger partial charge in [-0.1, -0.05) is 0 Å². The van der Waals surface area contributed by atoms with Gasteiger partial charge in [-0.2, -0.15) is 0 Å². The number of piperidine rings is 1. The molecule has 244 valence electrons. The zero-order valence-corrected chi connectivity index (χ0v) is 28.4. The van der Waals surface area contributed by atoms with Crippen molar-refractivity contribution >= 4 is 39.3 Å². The maximum Gasteiger partial charge on any atom is 0.410 e. The third-order valence-electron chi connectivity index (χ3n) is 8.46. The number of aromatic nitrogens is 3. The second-order valence-corrected chi connectivity index (χ2v) is 13.3. The van der Waals surface area contributed by atoms with Crippen molar-refractivity contribution in [1.82, 2.24) is 24.2 Å². The number of benzene rings is 1. The van der Waals surface area contributed by atoms with Gasteiger partial charge in [0.05, 0.1) is 21.3 Å². The van der Waals surface area contributed by atoms with Crippen molar-refractivity contribution < 1.29 is 28.5 Å². The van der Waals surface area contributed by atoms with E-state index in [4.69, 9.17) is 23.9 Å². The molecule has 1 N–H and O–H groups in total. The first-order valence-corrected chi connectivity index (χ1v) is 16.1. The lowest BCUT2D eigenvalue weighted by atomic mass is 9.91. The number of hydrogen-bond donors (Lipinski definition) is 1. The molecule has 0 radical (unpaired) electrons. The number of carbonyl (C=O) groups excluding carboxylic acids is 2. The molecule has 4 heterocycles. The number of nitrogens with one attached hydrogen (secondary N) is 1. The van der Waals surface area contributed by atoms with Crippen molar-refractivity contribution in [3.05, 3.63) is 46.6 Å². The Morgan fingerprint density at radius 2 is 1.91 bits per heavy atom. The monoisotopic (exact) mass is 686 g/mol. The lowest BCUT2D eigenvalue weighted by Gasteiger charge is -2.41. The fourth-order valence-corrected chi connectivity index (χ4v) is 6.86. The fourth-order valence-electron chi connectivity index (χ4n) is 6.30. The number of imidazole rings is 1. The first-order chi connectivity index (χ1) is 21.5. The van der Waals surface area contributed by atoms with E-state index < -0.39 is 5.60 Å². The lowest BCUT2D eigenvalue weighted by molar-refractivity contribution is -0.146. The van der Waals surface area contributed by atoms with Crippen molar-refractivity contribution in [3.8, 4) is 11.5 Å². The van der Waals surface area contributed by atoms with Gasteiger partial charge in [-0.3, -0.25) is 14.1 Å². The summed E-state index contributed by atoms with van der Waals surface area (Å²) in [5, 5.41) is 3.44. The Morgan fingerprint density at radius 1 is 1.11 bits per heavy atom. The maximum absolute atomic E-state index is 13.6. The Balaban J connectivity index is 1.39. The van der Waals surface area contributed by atoms with Gasteiger partial charge < -0.3 is 29.2 Å². The lowest BCUT2D eigenvalue weighted by Crippen LogP contribution is -2.54. The highest BCUT2D eigenvalue weighted by atomic mass is 79.9. The molecular weight excluding hydrogens is 644 g/mol. The topological polar surface area (TPSA) is 120 Å². The molecule has 3 aromatic rings. The van der Waals surface area contributed by atoms with Gasteiger partial charge in [0.1, 0.15) is 39.1 Å². The van der Waals surface area contributed by atoms with Gasteiger partial charge in [-0.15, -0.1) is 0 Å². The Hall–Kier alpha value is -3.58. The number of ether oxygens (including phenoxy) is 4. The number of rotatable bonds is 9. The van der Waals surface area contributed by atoms with Crippen molar-refractivity contribution in [2.75, 3.05) is 46.3 Å². The summed E-state index contributed by atoms with van der Waals surface area (Å²) in [7, 11) is 4.69. The minimum absolute atomic E-state index is 0.0421. The largest absolute Gasteiger partial charge is 0.497 e. The highest BCUT2D eigenvalue weighted by Gasteiger charge is 2.40. The van der Waals surface area contributed by atoms with Crippen LogP contribution in [0.1, 0.15) is 63.8 Å². The van der Waals surface area contributed by atoms with Crippen LogP contribution in [0.2, 0.25) is 0 Å². The van der Waals surface area contributed by atoms with E-state index in [9.17, 15) is 9.59 Å². The minimum atomic E-state index is -0.640. The molecule has 1 unspecified atom stereocenters. The summed E-state index contributed by atoms with van der Waals surface area (Å²) in [5.41, 5.74) is 1.12. The number of fused-ring (bicyclic) bond motifs is 1. The van der Waals surface area contributed by atoms with Crippen molar-refractivity contribution in [1.29, 1.82) is 0 Å². The molecule has 2 aliphatic heterocycles. The maximum atomic E-state index is 13.6. The van der Waals surface area contributed by atoms with Crippen molar-refractivity contribution in [2.45, 2.75) is 76.6 Å². The summed E-state index contributed by atoms with van der Waals surface area (Å²) < 4.78 is 24.5. The van der Waals surface area contributed by atoms with E-state index in [0.29, 0.717) is 35.8 Å². The molecule has 0 saturated carbocycles. The summed E-state index contributed by atoms with van der Waals surface area (Å²) in [4.78, 5) is 39.6. The van der Waals surface area contributed by atoms with E-state index in [-0.39, 0.29) is 30.1 Å². The molecule has 0 bridgehead atoms. The van der Waals surface area contributed by atoms with Crippen LogP contribution in [0.25, 0.3) is 5.52 Å². The van der Waals surface area contributed by atoms with Crippen LogP contribution < -0.4 is 14.8 Å². The third-order valence-corrected chi connectivity index (χ3v) is 9.01. The molecule has 3 atom stereocenters. The average molecular weight is 688 g/mol. The van der Waals surface area contributed by atoms with E-state index in [1.165, 1.54) is 7.11 Å². The molecule has 1 amide bonds. The molecular formula is C32H43BrN6O6. The number of amides is 1. The van der Waals surface area contributed by atoms with Crippen LogP contribution in [-0.2, 0) is 20.8 Å². The second kappa shape index (κ2) is 13.8. The van der Waals surface area contributed by atoms with Gasteiger partial charge in [-0.05, 0) is 81.1 Å². The van der Waals surface area contributed by atoms with E-state index in [2.05, 4.69) is 31.1 Å². The van der Waals surface area contributed by atoms with Crippen LogP contribution in [0.5, 0.6) is 11.5 Å². The molecule has 0 spiro atoms. The second-order valence-electron chi connectivity index (χ2n) is 12.5. The standard InChI is InChI=1S/C32H43BrN6O6/c1-32(2,3)45-31(41)39-18-21(9-11-22(39)19-37-14-7-8-24(37)30(40)44-6)29-36-27(33)26-28(34-13-15-38(26)29)35-17-20-10-12-23(42-4)16-25(20)43-5/h10,12-13,15-16,21-22,24H,7-9,11,14,17-19H2,1-6H3,(H,34,35)/t21-,22+,24?/m1/s1. The Bertz CT molecular complexity index is 1520. The molecule has 5 rings (SSSR count). The zero-order chi connectivity index (χ0) is 32.3. The van der Waals surface area contributed by atoms with Gasteiger partial charge in [0, 0.05) is 55.6 Å². The number of likely N-dealkylation sites (tertiary alicyclic amines) is 2. The Kier molecular flexibility index (Phi) is 10.1. The smallest absolute Gasteiger partial charge is 0.410 e. The molecule has 2 fully saturated rings. The molecule has 0 aliphatic carbocycles. The first-order valence-electron chi connectivity index (χ1n) is 15.3. The Labute approximate surface area is 272 Å². The average Bonchev–Trinajstić information content (AvgIpc) is 3.63. The van der Waals surface area contributed by atoms with Crippen LogP contribution in [0.3, 0.4) is 0 Å². The number of halogens is 1. The number of esters is 1. The summed E-state index contributed by atoms with van der Waals surface area (Å²) in [6, 6.07) is 5.32. The normalized spacial score (nSPS) is 20.7. The van der Waals surface area contributed by atoms with Gasteiger partial charge >= 0.3 is 12.1 Å². The van der Waals surface area contributed by atoms with Crippen molar-refractivity contribution in [3.63, 3.8) is 0 Å². The molecule has 45 heavy (non-hydrogen) atoms. The number of carbonyl (C=O) groups is 2. The quantitative estimate of drug-likeness (QED) is 0.299. The van der Waals surface area contributed by atoms with Crippen molar-refractivity contribution in [2.24, 2.45) is 0 Å². The summed E-state index contributed by atoms with van der Waals surface area (Å²) in [5.74, 6) is 2.68. The van der Waals surface area contributed by atoms with Crippen LogP contribution in [0, 0.1) is 0 Å². The number of methoxy groups -OCH3 is 3. The number of anilines is 1. The first kappa shape index (κ1) is 32.8. The molecule has 13 heteroatoms. The van der Waals surface area contributed by atoms with E-state index in [1.54, 1.807) is 20.4 Å². The summed E-state index contributed by atoms with van der Waals surface area (Å²) >= 11 is 3.68. The minimum Gasteiger partial charge on any atom is -0.497 e. The predicted octanol–water partition coefficient (Wildman–Crippen LogP) is 5.24. The third kappa shape index (κ3) is 7.30. The van der Waals surface area contributed by atoms with Crippen LogP contribution in [-0.4, -0.2) is 94.9 Å². The van der Waals surface area contributed by atoms with E-state index >= 15 is 0 Å². The molecule has 2 aromatic heterocycles. The van der Waals surface area contributed by atoms with Gasteiger partial charge in [0.15, 0.2) is 5.82 Å². The van der Waals surface area contributed by atoms with Gasteiger partial charge in [0.25, 0.3) is 0 Å². The van der Waals surface area contributed by atoms with E-state index in [0.717, 1.165) is 54.9 Å². The molecule has 12 nitrogen and oxygen atoms in total. The fraction of sp³-hybridized carbons (Fsp3) is 0.562. The summed E-state index contributed by atoms with van der Waals surface area (Å²) in [6.45, 7) is 7.92. The van der Waals surface area contributed by atoms with Gasteiger partial charge in [-0.25, -0.2) is 14.8 Å². The molecule has 2 saturated heterocycles.